The molecule has 3 aromatic carbocycles. The maximum atomic E-state index is 12.5. The summed E-state index contributed by atoms with van der Waals surface area (Å²) in [6.45, 7) is 2.81. The number of carbonyl (C=O) groups is 1. The van der Waals surface area contributed by atoms with Gasteiger partial charge >= 0.3 is 5.97 Å². The predicted molar refractivity (Wildman–Crippen MR) is 122 cm³/mol. The first-order chi connectivity index (χ1) is 15.2. The summed E-state index contributed by atoms with van der Waals surface area (Å²) in [6.07, 6.45) is 1.65. The molecule has 1 aromatic heterocycles. The Morgan fingerprint density at radius 1 is 0.903 bits per heavy atom. The molecule has 4 rings (SSSR count). The van der Waals surface area contributed by atoms with Crippen molar-refractivity contribution in [2.45, 2.75) is 26.3 Å². The van der Waals surface area contributed by atoms with E-state index in [1.54, 1.807) is 13.2 Å². The van der Waals surface area contributed by atoms with Gasteiger partial charge in [-0.3, -0.25) is 0 Å². The fourth-order valence-corrected chi connectivity index (χ4v) is 3.75. The molecule has 1 heterocycles. The van der Waals surface area contributed by atoms with Gasteiger partial charge in [0.05, 0.1) is 24.8 Å². The molecule has 0 N–H and O–H groups in total. The molecular formula is C26H26N2O3. The Morgan fingerprint density at radius 3 is 2.39 bits per heavy atom. The number of imidazole rings is 1. The molecule has 0 aliphatic heterocycles. The van der Waals surface area contributed by atoms with E-state index in [4.69, 9.17) is 14.5 Å². The minimum absolute atomic E-state index is 0.336. The molecule has 0 saturated carbocycles. The molecule has 0 aliphatic rings. The lowest BCUT2D eigenvalue weighted by atomic mass is 10.1. The van der Waals surface area contributed by atoms with Crippen molar-refractivity contribution in [3.63, 3.8) is 0 Å². The van der Waals surface area contributed by atoms with Gasteiger partial charge in [0.25, 0.3) is 0 Å². The van der Waals surface area contributed by atoms with E-state index in [9.17, 15) is 4.79 Å². The average Bonchev–Trinajstić information content (AvgIpc) is 3.16. The van der Waals surface area contributed by atoms with Crippen LogP contribution in [0, 0.1) is 0 Å². The molecular weight excluding hydrogens is 388 g/mol. The Balaban J connectivity index is 1.74. The van der Waals surface area contributed by atoms with Crippen molar-refractivity contribution in [2.24, 2.45) is 0 Å². The van der Waals surface area contributed by atoms with E-state index in [2.05, 4.69) is 41.0 Å². The molecule has 5 nitrogen and oxygen atoms in total. The van der Waals surface area contributed by atoms with E-state index in [0.29, 0.717) is 24.2 Å². The van der Waals surface area contributed by atoms with Gasteiger partial charge in [-0.15, -0.1) is 0 Å². The lowest BCUT2D eigenvalue weighted by molar-refractivity contribution is 0.0528. The maximum absolute atomic E-state index is 12.5. The molecule has 0 bridgehead atoms. The van der Waals surface area contributed by atoms with Crippen LogP contribution in [-0.4, -0.2) is 29.2 Å². The summed E-state index contributed by atoms with van der Waals surface area (Å²) in [5, 5.41) is 0. The number of fused-ring (bicyclic) bond motifs is 1. The SMILES string of the molecule is CCOC(=O)c1cccc2c1nc(CCc1ccccc1)n2Cc1ccc(OC)cc1. The van der Waals surface area contributed by atoms with Crippen LogP contribution >= 0.6 is 0 Å². The highest BCUT2D eigenvalue weighted by Crippen LogP contribution is 2.24. The zero-order valence-electron chi connectivity index (χ0n) is 17.9. The number of aromatic nitrogens is 2. The van der Waals surface area contributed by atoms with Gasteiger partial charge in [0.2, 0.25) is 0 Å². The summed E-state index contributed by atoms with van der Waals surface area (Å²) in [5.74, 6) is 1.44. The quantitative estimate of drug-likeness (QED) is 0.379. The van der Waals surface area contributed by atoms with Gasteiger partial charge in [-0.1, -0.05) is 48.5 Å². The number of esters is 1. The van der Waals surface area contributed by atoms with Crippen molar-refractivity contribution in [1.29, 1.82) is 0 Å². The lowest BCUT2D eigenvalue weighted by Gasteiger charge is -2.11. The third kappa shape index (κ3) is 4.61. The molecule has 0 amide bonds. The monoisotopic (exact) mass is 414 g/mol. The highest BCUT2D eigenvalue weighted by Gasteiger charge is 2.18. The maximum Gasteiger partial charge on any atom is 0.340 e. The van der Waals surface area contributed by atoms with E-state index in [1.165, 1.54) is 5.56 Å². The minimum atomic E-state index is -0.336. The molecule has 0 saturated heterocycles. The summed E-state index contributed by atoms with van der Waals surface area (Å²) < 4.78 is 12.7. The van der Waals surface area contributed by atoms with E-state index < -0.39 is 0 Å². The number of rotatable bonds is 8. The van der Waals surface area contributed by atoms with Crippen molar-refractivity contribution in [2.75, 3.05) is 13.7 Å². The second-order valence-electron chi connectivity index (χ2n) is 7.34. The van der Waals surface area contributed by atoms with Crippen molar-refractivity contribution >= 4 is 17.0 Å². The molecule has 4 aromatic rings. The number of para-hydroxylation sites is 1. The molecule has 158 valence electrons. The molecule has 31 heavy (non-hydrogen) atoms. The highest BCUT2D eigenvalue weighted by molar-refractivity contribution is 6.02. The van der Waals surface area contributed by atoms with Crippen molar-refractivity contribution in [1.82, 2.24) is 9.55 Å². The number of benzene rings is 3. The van der Waals surface area contributed by atoms with E-state index in [0.717, 1.165) is 35.5 Å². The van der Waals surface area contributed by atoms with Gasteiger partial charge in [0.1, 0.15) is 17.1 Å². The van der Waals surface area contributed by atoms with Gasteiger partial charge in [-0.25, -0.2) is 9.78 Å². The van der Waals surface area contributed by atoms with Crippen LogP contribution in [0.5, 0.6) is 5.75 Å². The number of ether oxygens (including phenoxy) is 2. The summed E-state index contributed by atoms with van der Waals surface area (Å²) in [6, 6.07) is 24.1. The normalized spacial score (nSPS) is 10.9. The molecule has 0 unspecified atom stereocenters. The van der Waals surface area contributed by atoms with Crippen LogP contribution in [0.4, 0.5) is 0 Å². The molecule has 0 atom stereocenters. The van der Waals surface area contributed by atoms with Crippen molar-refractivity contribution in [3.05, 3.63) is 95.3 Å². The van der Waals surface area contributed by atoms with Gasteiger partial charge in [-0.2, -0.15) is 0 Å². The zero-order chi connectivity index (χ0) is 21.6. The molecule has 0 radical (unpaired) electrons. The topological polar surface area (TPSA) is 53.3 Å². The number of hydrogen-bond donors (Lipinski definition) is 0. The highest BCUT2D eigenvalue weighted by atomic mass is 16.5. The van der Waals surface area contributed by atoms with Gasteiger partial charge in [-0.05, 0) is 48.7 Å². The first-order valence-corrected chi connectivity index (χ1v) is 10.5. The first-order valence-electron chi connectivity index (χ1n) is 10.5. The number of hydrogen-bond acceptors (Lipinski definition) is 4. The Labute approximate surface area is 182 Å². The number of aryl methyl sites for hydroxylation is 2. The molecule has 0 fully saturated rings. The Hall–Kier alpha value is -3.60. The van der Waals surface area contributed by atoms with Crippen LogP contribution in [0.2, 0.25) is 0 Å². The smallest absolute Gasteiger partial charge is 0.340 e. The Morgan fingerprint density at radius 2 is 1.68 bits per heavy atom. The van der Waals surface area contributed by atoms with Crippen LogP contribution < -0.4 is 4.74 Å². The lowest BCUT2D eigenvalue weighted by Crippen LogP contribution is -2.07. The van der Waals surface area contributed by atoms with Crippen molar-refractivity contribution < 1.29 is 14.3 Å². The average molecular weight is 415 g/mol. The van der Waals surface area contributed by atoms with Gasteiger partial charge in [0.15, 0.2) is 0 Å². The largest absolute Gasteiger partial charge is 0.497 e. The van der Waals surface area contributed by atoms with Crippen LogP contribution in [0.1, 0.15) is 34.2 Å². The fourth-order valence-electron chi connectivity index (χ4n) is 3.75. The summed E-state index contributed by atoms with van der Waals surface area (Å²) in [7, 11) is 1.66. The van der Waals surface area contributed by atoms with E-state index in [1.807, 2.05) is 37.3 Å². The minimum Gasteiger partial charge on any atom is -0.497 e. The van der Waals surface area contributed by atoms with Crippen molar-refractivity contribution in [3.8, 4) is 5.75 Å². The van der Waals surface area contributed by atoms with Crippen LogP contribution in [0.15, 0.2) is 72.8 Å². The van der Waals surface area contributed by atoms with E-state index in [-0.39, 0.29) is 5.97 Å². The summed E-state index contributed by atoms with van der Waals surface area (Å²) >= 11 is 0. The first kappa shape index (κ1) is 20.7. The molecule has 5 heteroatoms. The number of nitrogens with zero attached hydrogens (tertiary/aromatic N) is 2. The van der Waals surface area contributed by atoms with Crippen LogP contribution in [-0.2, 0) is 24.1 Å². The van der Waals surface area contributed by atoms with Gasteiger partial charge in [0, 0.05) is 13.0 Å². The predicted octanol–water partition coefficient (Wildman–Crippen LogP) is 5.06. The zero-order valence-corrected chi connectivity index (χ0v) is 17.9. The number of carbonyl (C=O) groups excluding carboxylic acids is 1. The molecule has 0 spiro atoms. The fraction of sp³-hybridized carbons (Fsp3) is 0.231. The molecule has 0 aliphatic carbocycles. The summed E-state index contributed by atoms with van der Waals surface area (Å²) in [5.41, 5.74) is 4.54. The third-order valence-electron chi connectivity index (χ3n) is 5.33. The van der Waals surface area contributed by atoms with E-state index >= 15 is 0 Å². The second-order valence-corrected chi connectivity index (χ2v) is 7.34. The van der Waals surface area contributed by atoms with Gasteiger partial charge < -0.3 is 14.0 Å². The van der Waals surface area contributed by atoms with Crippen LogP contribution in [0.25, 0.3) is 11.0 Å². The summed E-state index contributed by atoms with van der Waals surface area (Å²) in [4.78, 5) is 17.4. The Kier molecular flexibility index (Phi) is 6.32. The second kappa shape index (κ2) is 9.47. The standard InChI is InChI=1S/C26H26N2O3/c1-3-31-26(29)22-10-7-11-23-25(22)27-24(17-14-19-8-5-4-6-9-19)28(23)18-20-12-15-21(30-2)16-13-20/h4-13,15-16H,3,14,17-18H2,1-2H3. The third-order valence-corrected chi connectivity index (χ3v) is 5.33. The van der Waals surface area contributed by atoms with Crippen LogP contribution in [0.3, 0.4) is 0 Å². The number of methoxy groups -OCH3 is 1. The Bertz CT molecular complexity index is 1160.